The van der Waals surface area contributed by atoms with Crippen LogP contribution >= 0.6 is 0 Å². The van der Waals surface area contributed by atoms with Crippen LogP contribution < -0.4 is 16.4 Å². The molecule has 3 heterocycles. The number of para-hydroxylation sites is 2. The minimum Gasteiger partial charge on any atom is -0.307 e. The van der Waals surface area contributed by atoms with E-state index in [9.17, 15) is 0 Å². The molecule has 0 amide bonds. The van der Waals surface area contributed by atoms with E-state index in [4.69, 9.17) is 0 Å². The molecular formula is C49H49BN2. The fourth-order valence-corrected chi connectivity index (χ4v) is 10.3. The number of rotatable bonds is 1. The van der Waals surface area contributed by atoms with Gasteiger partial charge in [0.2, 0.25) is 6.71 Å². The van der Waals surface area contributed by atoms with E-state index in [1.165, 1.54) is 144 Å². The second-order valence-electron chi connectivity index (χ2n) is 16.1. The van der Waals surface area contributed by atoms with Crippen LogP contribution in [0.3, 0.4) is 0 Å². The zero-order valence-corrected chi connectivity index (χ0v) is 33.2. The summed E-state index contributed by atoms with van der Waals surface area (Å²) < 4.78 is 5.38. The first-order valence-corrected chi connectivity index (χ1v) is 19.0. The van der Waals surface area contributed by atoms with Gasteiger partial charge in [-0.15, -0.1) is 0 Å². The first-order chi connectivity index (χ1) is 24.8. The van der Waals surface area contributed by atoms with E-state index in [-0.39, 0.29) is 6.71 Å². The third-order valence-electron chi connectivity index (χ3n) is 14.2. The number of aryl methyl sites for hydroxylation is 4. The summed E-state index contributed by atoms with van der Waals surface area (Å²) in [6.45, 7) is 30.3. The molecule has 0 aliphatic carbocycles. The van der Waals surface area contributed by atoms with E-state index < -0.39 is 0 Å². The van der Waals surface area contributed by atoms with Crippen molar-refractivity contribution in [3.63, 3.8) is 0 Å². The largest absolute Gasteiger partial charge is 0.307 e. The summed E-state index contributed by atoms with van der Waals surface area (Å²) in [4.78, 5) is 0. The quantitative estimate of drug-likeness (QED) is 0.153. The van der Waals surface area contributed by atoms with Gasteiger partial charge >= 0.3 is 0 Å². The lowest BCUT2D eigenvalue weighted by Gasteiger charge is -2.28. The van der Waals surface area contributed by atoms with Crippen molar-refractivity contribution in [3.8, 4) is 11.4 Å². The van der Waals surface area contributed by atoms with Crippen molar-refractivity contribution in [1.29, 1.82) is 0 Å². The standard InChI is InChI=1S/C49H49BN2/c1-24-27(4)33(10)45(34(11)28(24)5)50-39-18-14-16-20-41(39)51-46-35(12)29(6)25(2)31(8)43(46)37-22-23-38-44-32(9)26(3)30(7)36(13)47(44)52(49(38)48(37)51)42-21-17-15-19-40(42)50/h14-23H,1-13H3. The second-order valence-corrected chi connectivity index (χ2v) is 16.1. The molecule has 0 N–H and O–H groups in total. The van der Waals surface area contributed by atoms with Gasteiger partial charge in [0.05, 0.1) is 22.1 Å². The van der Waals surface area contributed by atoms with Crippen molar-refractivity contribution in [2.24, 2.45) is 0 Å². The Kier molecular flexibility index (Phi) is 6.95. The smallest absolute Gasteiger partial charge is 0.247 e. The lowest BCUT2D eigenvalue weighted by atomic mass is 9.34. The van der Waals surface area contributed by atoms with Gasteiger partial charge in [-0.1, -0.05) is 65.1 Å². The number of fused-ring (bicyclic) bond motifs is 10. The molecule has 2 nitrogen and oxygen atoms in total. The monoisotopic (exact) mass is 676 g/mol. The predicted octanol–water partition coefficient (Wildman–Crippen LogP) is 10.7. The van der Waals surface area contributed by atoms with Crippen molar-refractivity contribution in [1.82, 2.24) is 9.13 Å². The fraction of sp³-hybridized carbons (Fsp3) is 0.265. The van der Waals surface area contributed by atoms with E-state index >= 15 is 0 Å². The van der Waals surface area contributed by atoms with Gasteiger partial charge in [-0.2, -0.15) is 0 Å². The molecular weight excluding hydrogens is 627 g/mol. The summed E-state index contributed by atoms with van der Waals surface area (Å²) in [5.74, 6) is 0. The highest BCUT2D eigenvalue weighted by Crippen LogP contribution is 2.47. The fourth-order valence-electron chi connectivity index (χ4n) is 10.3. The Morgan fingerprint density at radius 2 is 0.654 bits per heavy atom. The lowest BCUT2D eigenvalue weighted by Crippen LogP contribution is -2.56. The molecule has 0 atom stereocenters. The Morgan fingerprint density at radius 3 is 1.06 bits per heavy atom. The first-order valence-electron chi connectivity index (χ1n) is 19.0. The highest BCUT2D eigenvalue weighted by Gasteiger charge is 2.36. The molecule has 9 rings (SSSR count). The highest BCUT2D eigenvalue weighted by atomic mass is 15.1. The van der Waals surface area contributed by atoms with Gasteiger partial charge in [0.15, 0.2) is 0 Å². The van der Waals surface area contributed by atoms with Crippen LogP contribution in [-0.2, 0) is 0 Å². The van der Waals surface area contributed by atoms with Gasteiger partial charge in [-0.05, 0) is 174 Å². The molecule has 0 spiro atoms. The molecule has 258 valence electrons. The maximum Gasteiger partial charge on any atom is 0.247 e. The van der Waals surface area contributed by atoms with Crippen LogP contribution in [-0.4, -0.2) is 15.8 Å². The minimum absolute atomic E-state index is 0.0145. The summed E-state index contributed by atoms with van der Waals surface area (Å²) in [6, 6.07) is 23.5. The number of hydrogen-bond acceptors (Lipinski definition) is 0. The molecule has 0 fully saturated rings. The Bertz CT molecular complexity index is 2730. The van der Waals surface area contributed by atoms with Gasteiger partial charge in [-0.3, -0.25) is 0 Å². The molecule has 52 heavy (non-hydrogen) atoms. The third kappa shape index (κ3) is 3.87. The first kappa shape index (κ1) is 32.9. The van der Waals surface area contributed by atoms with Crippen molar-refractivity contribution in [2.75, 3.05) is 0 Å². The Balaban J connectivity index is 1.68. The van der Waals surface area contributed by atoms with Crippen LogP contribution in [0.15, 0.2) is 60.7 Å². The van der Waals surface area contributed by atoms with Crippen molar-refractivity contribution in [3.05, 3.63) is 133 Å². The van der Waals surface area contributed by atoms with Crippen molar-refractivity contribution in [2.45, 2.75) is 90.0 Å². The van der Waals surface area contributed by atoms with Crippen molar-refractivity contribution < 1.29 is 0 Å². The van der Waals surface area contributed by atoms with Crippen LogP contribution in [0.5, 0.6) is 0 Å². The Labute approximate surface area is 309 Å². The van der Waals surface area contributed by atoms with Crippen LogP contribution in [0.25, 0.3) is 55.0 Å². The summed E-state index contributed by atoms with van der Waals surface area (Å²) in [6.07, 6.45) is 0. The van der Waals surface area contributed by atoms with E-state index in [1.807, 2.05) is 0 Å². The van der Waals surface area contributed by atoms with Crippen LogP contribution in [0.4, 0.5) is 0 Å². The van der Waals surface area contributed by atoms with Gasteiger partial charge < -0.3 is 9.13 Å². The zero-order valence-electron chi connectivity index (χ0n) is 33.2. The Hall–Kier alpha value is -5.02. The molecule has 2 aromatic heterocycles. The Morgan fingerprint density at radius 1 is 0.327 bits per heavy atom. The lowest BCUT2D eigenvalue weighted by molar-refractivity contribution is 1.14. The molecule has 0 saturated carbocycles. The molecule has 0 saturated heterocycles. The van der Waals surface area contributed by atoms with E-state index in [1.54, 1.807) is 0 Å². The predicted molar refractivity (Wildman–Crippen MR) is 228 cm³/mol. The number of aromatic nitrogens is 2. The average molecular weight is 677 g/mol. The maximum absolute atomic E-state index is 2.69. The molecule has 0 radical (unpaired) electrons. The number of benzene rings is 6. The molecule has 0 unspecified atom stereocenters. The normalized spacial score (nSPS) is 12.7. The topological polar surface area (TPSA) is 9.86 Å². The molecule has 1 aliphatic rings. The molecule has 8 aromatic rings. The second kappa shape index (κ2) is 11.0. The summed E-state index contributed by atoms with van der Waals surface area (Å²) in [5.41, 5.74) is 30.0. The van der Waals surface area contributed by atoms with Gasteiger partial charge in [0.1, 0.15) is 0 Å². The summed E-state index contributed by atoms with van der Waals surface area (Å²) >= 11 is 0. The van der Waals surface area contributed by atoms with Crippen LogP contribution in [0.1, 0.15) is 72.3 Å². The van der Waals surface area contributed by atoms with E-state index in [0.29, 0.717) is 0 Å². The molecule has 3 heteroatoms. The van der Waals surface area contributed by atoms with E-state index in [0.717, 1.165) is 0 Å². The third-order valence-corrected chi connectivity index (χ3v) is 14.2. The summed E-state index contributed by atoms with van der Waals surface area (Å²) in [7, 11) is 0. The van der Waals surface area contributed by atoms with Gasteiger partial charge in [-0.25, -0.2) is 0 Å². The van der Waals surface area contributed by atoms with Crippen molar-refractivity contribution >= 4 is 66.7 Å². The molecule has 1 aliphatic heterocycles. The van der Waals surface area contributed by atoms with Crippen LogP contribution in [0.2, 0.25) is 0 Å². The number of hydrogen-bond donors (Lipinski definition) is 0. The maximum atomic E-state index is 2.69. The molecule has 6 aromatic carbocycles. The average Bonchev–Trinajstić information content (AvgIpc) is 3.69. The zero-order chi connectivity index (χ0) is 36.8. The SMILES string of the molecule is Cc1c(C)c(C)c(B2c3ccccc3-n3c4c(C)c(C)c(C)c(C)c4c4ccc5c6c(C)c(C)c(C)c(C)c6n(c5c43)-c3ccccc32)c(C)c1C. The summed E-state index contributed by atoms with van der Waals surface area (Å²) in [5, 5.41) is 5.42. The van der Waals surface area contributed by atoms with Gasteiger partial charge in [0.25, 0.3) is 0 Å². The number of nitrogens with zero attached hydrogens (tertiary/aromatic N) is 2. The minimum atomic E-state index is 0.0145. The van der Waals surface area contributed by atoms with E-state index in [2.05, 4.69) is 160 Å². The molecule has 0 bridgehead atoms. The van der Waals surface area contributed by atoms with Crippen LogP contribution in [0, 0.1) is 90.0 Å². The van der Waals surface area contributed by atoms with Gasteiger partial charge in [0, 0.05) is 32.9 Å². The highest BCUT2D eigenvalue weighted by molar-refractivity contribution is 6.97.